The highest BCUT2D eigenvalue weighted by Gasteiger charge is 2.28. The van der Waals surface area contributed by atoms with Gasteiger partial charge in [-0.15, -0.1) is 0 Å². The van der Waals surface area contributed by atoms with Gasteiger partial charge in [0.1, 0.15) is 5.52 Å². The van der Waals surface area contributed by atoms with E-state index < -0.39 is 0 Å². The molecule has 33 heavy (non-hydrogen) atoms. The van der Waals surface area contributed by atoms with Crippen molar-refractivity contribution in [3.63, 3.8) is 0 Å². The van der Waals surface area contributed by atoms with Gasteiger partial charge in [0.05, 0.1) is 12.0 Å². The third-order valence-corrected chi connectivity index (χ3v) is 6.46. The van der Waals surface area contributed by atoms with Crippen molar-refractivity contribution in [2.24, 2.45) is 0 Å². The number of aromatic nitrogens is 4. The molecule has 7 heteroatoms. The molecule has 4 aromatic rings. The van der Waals surface area contributed by atoms with Gasteiger partial charge in [0, 0.05) is 42.3 Å². The number of carbonyl (C=O) groups excluding carboxylic acids is 1. The molecule has 5 rings (SSSR count). The number of imidazole rings is 1. The summed E-state index contributed by atoms with van der Waals surface area (Å²) in [7, 11) is 0. The molecule has 0 spiro atoms. The monoisotopic (exact) mass is 440 g/mol. The van der Waals surface area contributed by atoms with E-state index in [1.54, 1.807) is 0 Å². The lowest BCUT2D eigenvalue weighted by atomic mass is 10.1. The van der Waals surface area contributed by atoms with E-state index in [-0.39, 0.29) is 18.0 Å². The molecule has 3 heterocycles. The second kappa shape index (κ2) is 9.02. The minimum absolute atomic E-state index is 0.0118. The predicted molar refractivity (Wildman–Crippen MR) is 129 cm³/mol. The van der Waals surface area contributed by atoms with Crippen LogP contribution < -0.4 is 10.6 Å². The first-order valence-electron chi connectivity index (χ1n) is 11.4. The van der Waals surface area contributed by atoms with Gasteiger partial charge < -0.3 is 15.2 Å². The van der Waals surface area contributed by atoms with Crippen LogP contribution in [0.4, 0.5) is 5.69 Å². The normalized spacial score (nSPS) is 17.9. The van der Waals surface area contributed by atoms with Crippen molar-refractivity contribution in [3.8, 4) is 0 Å². The van der Waals surface area contributed by atoms with Gasteiger partial charge in [-0.05, 0) is 68.5 Å². The molecule has 1 aliphatic carbocycles. The van der Waals surface area contributed by atoms with Crippen LogP contribution in [0.15, 0.2) is 61.2 Å². The minimum Gasteiger partial charge on any atom is -0.379 e. The summed E-state index contributed by atoms with van der Waals surface area (Å²) in [4.78, 5) is 26.2. The molecule has 7 nitrogen and oxygen atoms in total. The quantitative estimate of drug-likeness (QED) is 0.458. The first-order chi connectivity index (χ1) is 16.1. The first kappa shape index (κ1) is 21.1. The molecule has 2 atom stereocenters. The van der Waals surface area contributed by atoms with Gasteiger partial charge in [0.25, 0.3) is 5.91 Å². The average molecular weight is 441 g/mol. The van der Waals surface area contributed by atoms with Gasteiger partial charge in [-0.2, -0.15) is 0 Å². The number of carbonyl (C=O) groups is 1. The number of nitrogens with one attached hydrogen (secondary N) is 2. The third kappa shape index (κ3) is 4.44. The molecule has 0 unspecified atom stereocenters. The molecule has 3 aromatic heterocycles. The zero-order valence-electron chi connectivity index (χ0n) is 19.0. The van der Waals surface area contributed by atoms with Crippen molar-refractivity contribution >= 4 is 22.8 Å². The smallest absolute Gasteiger partial charge is 0.251 e. The van der Waals surface area contributed by atoms with Crippen molar-refractivity contribution in [2.45, 2.75) is 51.7 Å². The number of hydrogen-bond donors (Lipinski definition) is 2. The number of amides is 1. The Morgan fingerprint density at radius 2 is 1.94 bits per heavy atom. The van der Waals surface area contributed by atoms with E-state index in [0.29, 0.717) is 12.1 Å². The van der Waals surface area contributed by atoms with Crippen molar-refractivity contribution in [1.82, 2.24) is 24.8 Å². The second-order valence-electron chi connectivity index (χ2n) is 8.79. The zero-order valence-corrected chi connectivity index (χ0v) is 19.0. The van der Waals surface area contributed by atoms with Crippen LogP contribution in [0.25, 0.3) is 11.2 Å². The molecule has 1 fully saturated rings. The molecule has 0 radical (unpaired) electrons. The lowest BCUT2D eigenvalue weighted by Gasteiger charge is -2.15. The zero-order chi connectivity index (χ0) is 22.8. The molecule has 0 saturated heterocycles. The summed E-state index contributed by atoms with van der Waals surface area (Å²) in [5.41, 5.74) is 6.82. The van der Waals surface area contributed by atoms with Crippen LogP contribution in [0, 0.1) is 13.8 Å². The fourth-order valence-electron chi connectivity index (χ4n) is 4.64. The van der Waals surface area contributed by atoms with Crippen molar-refractivity contribution in [3.05, 3.63) is 83.6 Å². The Balaban J connectivity index is 1.28. The number of aryl methyl sites for hydroxylation is 2. The summed E-state index contributed by atoms with van der Waals surface area (Å²) >= 11 is 0. The van der Waals surface area contributed by atoms with Gasteiger partial charge in [-0.1, -0.05) is 18.2 Å². The number of hydrogen-bond acceptors (Lipinski definition) is 5. The van der Waals surface area contributed by atoms with E-state index in [9.17, 15) is 4.79 Å². The van der Waals surface area contributed by atoms with Crippen LogP contribution in [-0.4, -0.2) is 31.5 Å². The van der Waals surface area contributed by atoms with Gasteiger partial charge in [-0.25, -0.2) is 9.97 Å². The van der Waals surface area contributed by atoms with Crippen molar-refractivity contribution in [2.75, 3.05) is 5.32 Å². The standard InChI is InChI=1S/C26H28N6O/c1-17-12-18(2)28-14-20(17)15-29-23-10-11-27-25-24(23)30-16-32(25)22-9-8-21(13-22)31-26(33)19-6-4-3-5-7-19/h3-7,10-12,14,16,21-22H,8-9,13,15H2,1-2H3,(H,27,29)(H,31,33)/t21-,22+/m1/s1. The predicted octanol–water partition coefficient (Wildman–Crippen LogP) is 4.58. The van der Waals surface area contributed by atoms with Gasteiger partial charge in [-0.3, -0.25) is 9.78 Å². The van der Waals surface area contributed by atoms with Crippen LogP contribution in [0.3, 0.4) is 0 Å². The van der Waals surface area contributed by atoms with E-state index in [0.717, 1.165) is 47.4 Å². The van der Waals surface area contributed by atoms with E-state index in [4.69, 9.17) is 0 Å². The molecule has 1 amide bonds. The molecule has 1 saturated carbocycles. The molecule has 0 bridgehead atoms. The number of nitrogens with zero attached hydrogens (tertiary/aromatic N) is 4. The van der Waals surface area contributed by atoms with Gasteiger partial charge >= 0.3 is 0 Å². The number of anilines is 1. The highest BCUT2D eigenvalue weighted by atomic mass is 16.1. The third-order valence-electron chi connectivity index (χ3n) is 6.46. The lowest BCUT2D eigenvalue weighted by molar-refractivity contribution is 0.0937. The van der Waals surface area contributed by atoms with E-state index >= 15 is 0 Å². The lowest BCUT2D eigenvalue weighted by Crippen LogP contribution is -2.33. The Bertz CT molecular complexity index is 1280. The van der Waals surface area contributed by atoms with Crippen LogP contribution >= 0.6 is 0 Å². The minimum atomic E-state index is -0.0118. The summed E-state index contributed by atoms with van der Waals surface area (Å²) < 4.78 is 2.16. The van der Waals surface area contributed by atoms with E-state index in [1.165, 1.54) is 5.56 Å². The van der Waals surface area contributed by atoms with E-state index in [2.05, 4.69) is 43.1 Å². The second-order valence-corrected chi connectivity index (χ2v) is 8.79. The van der Waals surface area contributed by atoms with Crippen LogP contribution in [0.2, 0.25) is 0 Å². The molecule has 2 N–H and O–H groups in total. The highest BCUT2D eigenvalue weighted by Crippen LogP contribution is 2.33. The maximum atomic E-state index is 12.5. The van der Waals surface area contributed by atoms with Crippen molar-refractivity contribution < 1.29 is 4.79 Å². The summed E-state index contributed by atoms with van der Waals surface area (Å²) in [5.74, 6) is -0.0118. The molecular weight excluding hydrogens is 412 g/mol. The topological polar surface area (TPSA) is 84.7 Å². The molecule has 1 aliphatic rings. The average Bonchev–Trinajstić information content (AvgIpc) is 3.46. The number of benzene rings is 1. The Kier molecular flexibility index (Phi) is 5.77. The Labute approximate surface area is 193 Å². The SMILES string of the molecule is Cc1cc(C)c(CNc2ccnc3c2ncn3[C@H]2CC[C@@H](NC(=O)c3ccccc3)C2)cn1. The summed E-state index contributed by atoms with van der Waals surface area (Å²) in [6.45, 7) is 4.79. The Morgan fingerprint density at radius 1 is 1.09 bits per heavy atom. The molecular formula is C26H28N6O. The van der Waals surface area contributed by atoms with Crippen molar-refractivity contribution in [1.29, 1.82) is 0 Å². The molecule has 1 aromatic carbocycles. The van der Waals surface area contributed by atoms with Gasteiger partial charge in [0.2, 0.25) is 0 Å². The molecule has 0 aliphatic heterocycles. The van der Waals surface area contributed by atoms with Crippen LogP contribution in [0.1, 0.15) is 52.5 Å². The number of fused-ring (bicyclic) bond motifs is 1. The fraction of sp³-hybridized carbons (Fsp3) is 0.308. The van der Waals surface area contributed by atoms with Gasteiger partial charge in [0.15, 0.2) is 5.65 Å². The number of rotatable bonds is 6. The first-order valence-corrected chi connectivity index (χ1v) is 11.4. The van der Waals surface area contributed by atoms with Crippen LogP contribution in [0.5, 0.6) is 0 Å². The fourth-order valence-corrected chi connectivity index (χ4v) is 4.64. The summed E-state index contributed by atoms with van der Waals surface area (Å²) in [6.07, 6.45) is 8.44. The Hall–Kier alpha value is -3.74. The highest BCUT2D eigenvalue weighted by molar-refractivity contribution is 5.94. The molecule has 168 valence electrons. The van der Waals surface area contributed by atoms with Crippen LogP contribution in [-0.2, 0) is 6.54 Å². The summed E-state index contributed by atoms with van der Waals surface area (Å²) in [6, 6.07) is 13.9. The van der Waals surface area contributed by atoms with E-state index in [1.807, 2.05) is 62.0 Å². The Morgan fingerprint density at radius 3 is 2.76 bits per heavy atom. The largest absolute Gasteiger partial charge is 0.379 e. The maximum absolute atomic E-state index is 12.5. The maximum Gasteiger partial charge on any atom is 0.251 e. The number of pyridine rings is 2. The summed E-state index contributed by atoms with van der Waals surface area (Å²) in [5, 5.41) is 6.69.